The van der Waals surface area contributed by atoms with Crippen LogP contribution in [0.1, 0.15) is 29.2 Å². The van der Waals surface area contributed by atoms with Crippen molar-refractivity contribution < 1.29 is 50.2 Å². The molecule has 4 rings (SSSR count). The number of thioether (sulfide) groups is 1. The van der Waals surface area contributed by atoms with E-state index in [4.69, 9.17) is 0 Å². The van der Waals surface area contributed by atoms with E-state index >= 15 is 0 Å². The van der Waals surface area contributed by atoms with E-state index in [-0.39, 0.29) is 18.4 Å². The lowest BCUT2D eigenvalue weighted by molar-refractivity contribution is -0.146. The van der Waals surface area contributed by atoms with Crippen LogP contribution >= 0.6 is 11.8 Å². The van der Waals surface area contributed by atoms with Crippen molar-refractivity contribution in [3.63, 3.8) is 0 Å². The summed E-state index contributed by atoms with van der Waals surface area (Å²) < 4.78 is 96.0. The van der Waals surface area contributed by atoms with Gasteiger partial charge in [0.2, 0.25) is 11.8 Å². The number of allylic oxidation sites excluding steroid dienone is 2. The summed E-state index contributed by atoms with van der Waals surface area (Å²) >= 11 is 0.833. The molecule has 3 aromatic carbocycles. The van der Waals surface area contributed by atoms with Gasteiger partial charge in [-0.2, -0.15) is 13.2 Å². The number of hydrogen-bond acceptors (Lipinski definition) is 4. The first-order valence-electron chi connectivity index (χ1n) is 12.5. The monoisotopic (exact) mass is 626 g/mol. The first-order chi connectivity index (χ1) is 20.3. The number of aliphatic carboxylic acids is 1. The molecule has 3 N–H and O–H groups in total. The molecule has 0 aromatic heterocycles. The van der Waals surface area contributed by atoms with Crippen molar-refractivity contribution in [2.24, 2.45) is 11.8 Å². The molecule has 0 spiro atoms. The van der Waals surface area contributed by atoms with Crippen LogP contribution in [0, 0.1) is 35.1 Å². The van der Waals surface area contributed by atoms with E-state index in [0.717, 1.165) is 11.8 Å². The van der Waals surface area contributed by atoms with E-state index in [1.165, 1.54) is 48.5 Å². The fraction of sp³-hybridized carbons (Fsp3) is 0.207. The number of benzene rings is 3. The van der Waals surface area contributed by atoms with Gasteiger partial charge in [-0.15, -0.1) is 11.8 Å². The minimum absolute atomic E-state index is 0.214. The molecule has 0 saturated carbocycles. The summed E-state index contributed by atoms with van der Waals surface area (Å²) in [6.07, 6.45) is -1.85. The Balaban J connectivity index is 1.56. The van der Waals surface area contributed by atoms with Crippen LogP contribution in [-0.4, -0.2) is 22.9 Å². The van der Waals surface area contributed by atoms with Crippen LogP contribution < -0.4 is 10.6 Å². The third-order valence-corrected chi connectivity index (χ3v) is 7.86. The minimum atomic E-state index is -5.74. The van der Waals surface area contributed by atoms with Crippen molar-refractivity contribution in [3.8, 4) is 0 Å². The van der Waals surface area contributed by atoms with Crippen LogP contribution in [0.5, 0.6) is 0 Å². The van der Waals surface area contributed by atoms with Crippen molar-refractivity contribution in [2.45, 2.75) is 29.2 Å². The standard InChI is InChI=1S/C29H21F7N2O4S/c30-20-19(29(34,35)36)21(31)23(33)24(22(20)32)38-27(40)25(14-6-2-1-3-7-14)43-16-12-10-15(11-13-16)37-26(39)17-8-4-5-9-18(17)28(41)42/h1-7,10-13,17-18,25H,8-9H2,(H,37,39)(H,38,40)(H,41,42). The molecule has 0 heterocycles. The lowest BCUT2D eigenvalue weighted by Gasteiger charge is -2.24. The molecule has 0 aliphatic heterocycles. The Morgan fingerprint density at radius 3 is 1.88 bits per heavy atom. The van der Waals surface area contributed by atoms with Crippen molar-refractivity contribution in [3.05, 3.63) is 101 Å². The summed E-state index contributed by atoms with van der Waals surface area (Å²) in [6, 6.07) is 13.5. The highest BCUT2D eigenvalue weighted by molar-refractivity contribution is 8.00. The molecule has 2 amide bonds. The van der Waals surface area contributed by atoms with E-state index in [1.54, 1.807) is 23.5 Å². The van der Waals surface area contributed by atoms with Crippen LogP contribution in [-0.2, 0) is 20.6 Å². The number of anilines is 2. The molecule has 3 aromatic rings. The number of alkyl halides is 3. The summed E-state index contributed by atoms with van der Waals surface area (Å²) in [5.41, 5.74) is -3.89. The van der Waals surface area contributed by atoms with Gasteiger partial charge in [0.1, 0.15) is 16.5 Å². The number of carboxylic acids is 1. The molecule has 226 valence electrons. The van der Waals surface area contributed by atoms with Gasteiger partial charge in [-0.1, -0.05) is 42.5 Å². The van der Waals surface area contributed by atoms with Crippen LogP contribution in [0.25, 0.3) is 0 Å². The van der Waals surface area contributed by atoms with Gasteiger partial charge in [0.25, 0.3) is 0 Å². The Morgan fingerprint density at radius 2 is 1.35 bits per heavy atom. The lowest BCUT2D eigenvalue weighted by atomic mass is 9.82. The highest BCUT2D eigenvalue weighted by Crippen LogP contribution is 2.41. The summed E-state index contributed by atoms with van der Waals surface area (Å²) in [7, 11) is 0. The van der Waals surface area contributed by atoms with E-state index in [2.05, 4.69) is 5.32 Å². The number of rotatable bonds is 8. The number of hydrogen-bond donors (Lipinski definition) is 3. The zero-order chi connectivity index (χ0) is 31.5. The second-order valence-electron chi connectivity index (χ2n) is 9.41. The van der Waals surface area contributed by atoms with Crippen molar-refractivity contribution >= 4 is 40.9 Å². The van der Waals surface area contributed by atoms with Crippen LogP contribution in [0.15, 0.2) is 71.6 Å². The maximum Gasteiger partial charge on any atom is 0.422 e. The Bertz CT molecular complexity index is 1530. The SMILES string of the molecule is O=C(Nc1c(F)c(F)c(C(F)(F)F)c(F)c1F)C(Sc1ccc(NC(=O)C2CC=CCC2C(=O)O)cc1)c1ccccc1. The molecule has 3 unspecified atom stereocenters. The number of nitrogens with one attached hydrogen (secondary N) is 2. The molecule has 14 heteroatoms. The Labute approximate surface area is 244 Å². The average molecular weight is 627 g/mol. The molecule has 0 fully saturated rings. The lowest BCUT2D eigenvalue weighted by Crippen LogP contribution is -2.34. The topological polar surface area (TPSA) is 95.5 Å². The van der Waals surface area contributed by atoms with Gasteiger partial charge < -0.3 is 15.7 Å². The molecule has 1 aliphatic rings. The largest absolute Gasteiger partial charge is 0.481 e. The number of halogens is 7. The Morgan fingerprint density at radius 1 is 0.791 bits per heavy atom. The molecule has 6 nitrogen and oxygen atoms in total. The van der Waals surface area contributed by atoms with E-state index < -0.39 is 75.6 Å². The number of amides is 2. The first kappa shape index (κ1) is 31.6. The minimum Gasteiger partial charge on any atom is -0.481 e. The normalized spacial score (nSPS) is 17.3. The second-order valence-corrected chi connectivity index (χ2v) is 10.6. The van der Waals surface area contributed by atoms with Gasteiger partial charge in [0.15, 0.2) is 23.3 Å². The van der Waals surface area contributed by atoms with Gasteiger partial charge in [-0.3, -0.25) is 14.4 Å². The predicted molar refractivity (Wildman–Crippen MR) is 143 cm³/mol. The fourth-order valence-electron chi connectivity index (χ4n) is 4.44. The summed E-state index contributed by atoms with van der Waals surface area (Å²) in [5.74, 6) is -14.7. The highest BCUT2D eigenvalue weighted by Gasteiger charge is 2.43. The number of carboxylic acid groups (broad SMARTS) is 1. The Kier molecular flexibility index (Phi) is 9.48. The van der Waals surface area contributed by atoms with Crippen LogP contribution in [0.3, 0.4) is 0 Å². The van der Waals surface area contributed by atoms with E-state index in [0.29, 0.717) is 10.6 Å². The maximum atomic E-state index is 14.5. The summed E-state index contributed by atoms with van der Waals surface area (Å²) in [5, 5.41) is 12.4. The van der Waals surface area contributed by atoms with Gasteiger partial charge >= 0.3 is 12.1 Å². The van der Waals surface area contributed by atoms with Crippen molar-refractivity contribution in [1.29, 1.82) is 0 Å². The number of carbonyl (C=O) groups excluding carboxylic acids is 2. The molecule has 1 aliphatic carbocycles. The number of carbonyl (C=O) groups is 3. The molecule has 0 saturated heterocycles. The average Bonchev–Trinajstić information content (AvgIpc) is 2.97. The summed E-state index contributed by atoms with van der Waals surface area (Å²) in [6.45, 7) is 0. The van der Waals surface area contributed by atoms with Gasteiger partial charge in [-0.25, -0.2) is 17.6 Å². The van der Waals surface area contributed by atoms with Crippen LogP contribution in [0.4, 0.5) is 42.1 Å². The zero-order valence-electron chi connectivity index (χ0n) is 21.7. The van der Waals surface area contributed by atoms with Crippen LogP contribution in [0.2, 0.25) is 0 Å². The molecule has 3 atom stereocenters. The zero-order valence-corrected chi connectivity index (χ0v) is 22.5. The third-order valence-electron chi connectivity index (χ3n) is 6.60. The third kappa shape index (κ3) is 7.01. The van der Waals surface area contributed by atoms with Crippen molar-refractivity contribution in [2.75, 3.05) is 10.6 Å². The van der Waals surface area contributed by atoms with E-state index in [1.807, 2.05) is 0 Å². The smallest absolute Gasteiger partial charge is 0.422 e. The summed E-state index contributed by atoms with van der Waals surface area (Å²) in [4.78, 5) is 37.8. The quantitative estimate of drug-likeness (QED) is 0.105. The first-order valence-corrected chi connectivity index (χ1v) is 13.4. The second kappa shape index (κ2) is 12.9. The van der Waals surface area contributed by atoms with Gasteiger partial charge in [0.05, 0.1) is 11.8 Å². The predicted octanol–water partition coefficient (Wildman–Crippen LogP) is 7.34. The maximum absolute atomic E-state index is 14.5. The van der Waals surface area contributed by atoms with Gasteiger partial charge in [-0.05, 0) is 42.7 Å². The molecule has 43 heavy (non-hydrogen) atoms. The van der Waals surface area contributed by atoms with Gasteiger partial charge in [0, 0.05) is 10.6 Å². The highest BCUT2D eigenvalue weighted by atomic mass is 32.2. The van der Waals surface area contributed by atoms with Crippen molar-refractivity contribution in [1.82, 2.24) is 0 Å². The Hall–Kier alpha value is -4.33. The molecule has 0 bridgehead atoms. The molecular weight excluding hydrogens is 605 g/mol. The van der Waals surface area contributed by atoms with E-state index in [9.17, 15) is 50.2 Å². The molecule has 0 radical (unpaired) electrons. The molecular formula is C29H21F7N2O4S. The fourth-order valence-corrected chi connectivity index (χ4v) is 5.47.